The first-order chi connectivity index (χ1) is 9.40. The lowest BCUT2D eigenvalue weighted by Crippen LogP contribution is -2.20. The van der Waals surface area contributed by atoms with Crippen molar-refractivity contribution in [2.45, 2.75) is 19.5 Å². The Kier molecular flexibility index (Phi) is 5.59. The zero-order valence-corrected chi connectivity index (χ0v) is 11.4. The van der Waals surface area contributed by atoms with E-state index in [-0.39, 0.29) is 0 Å². The van der Waals surface area contributed by atoms with Crippen LogP contribution in [0.4, 0.5) is 0 Å². The second-order valence-electron chi connectivity index (χ2n) is 4.47. The molecule has 0 unspecified atom stereocenters. The molecule has 4 nitrogen and oxygen atoms in total. The van der Waals surface area contributed by atoms with Crippen molar-refractivity contribution in [2.24, 2.45) is 0 Å². The van der Waals surface area contributed by atoms with E-state index in [1.54, 1.807) is 7.11 Å². The van der Waals surface area contributed by atoms with Crippen molar-refractivity contribution in [2.75, 3.05) is 20.3 Å². The van der Waals surface area contributed by atoms with Crippen LogP contribution < -0.4 is 5.32 Å². The number of ether oxygens (including phenoxy) is 1. The predicted molar refractivity (Wildman–Crippen MR) is 76.0 cm³/mol. The lowest BCUT2D eigenvalue weighted by Gasteiger charge is -2.10. The molecular weight excluding hydrogens is 238 g/mol. The van der Waals surface area contributed by atoms with Crippen LogP contribution in [0, 0.1) is 0 Å². The molecule has 1 N–H and O–H groups in total. The minimum absolute atomic E-state index is 0.746. The summed E-state index contributed by atoms with van der Waals surface area (Å²) in [6.07, 6.45) is 6.88. The smallest absolute Gasteiger partial charge is 0.0587 e. The molecule has 0 spiro atoms. The average Bonchev–Trinajstić information content (AvgIpc) is 2.90. The fraction of sp³-hybridized carbons (Fsp3) is 0.400. The molecule has 0 saturated heterocycles. The summed E-state index contributed by atoms with van der Waals surface area (Å²) in [5.74, 6) is 0. The van der Waals surface area contributed by atoms with Crippen molar-refractivity contribution in [3.8, 4) is 0 Å². The minimum Gasteiger partial charge on any atom is -0.383 e. The first-order valence-corrected chi connectivity index (χ1v) is 6.62. The van der Waals surface area contributed by atoms with E-state index in [0.29, 0.717) is 0 Å². The van der Waals surface area contributed by atoms with Gasteiger partial charge in [-0.1, -0.05) is 6.07 Å². The summed E-state index contributed by atoms with van der Waals surface area (Å²) in [5.41, 5.74) is 2.58. The number of nitrogens with one attached hydrogen (secondary N) is 1. The first kappa shape index (κ1) is 13.8. The van der Waals surface area contributed by atoms with Crippen LogP contribution in [0.5, 0.6) is 0 Å². The fourth-order valence-electron chi connectivity index (χ4n) is 2.01. The molecule has 0 bridgehead atoms. The molecule has 0 fully saturated rings. The first-order valence-electron chi connectivity index (χ1n) is 6.62. The summed E-state index contributed by atoms with van der Waals surface area (Å²) in [6.45, 7) is 3.49. The highest BCUT2D eigenvalue weighted by atomic mass is 16.5. The van der Waals surface area contributed by atoms with Crippen LogP contribution in [0.2, 0.25) is 0 Å². The Morgan fingerprint density at radius 2 is 2.26 bits per heavy atom. The van der Waals surface area contributed by atoms with E-state index >= 15 is 0 Å². The topological polar surface area (TPSA) is 39.1 Å². The number of aryl methyl sites for hydroxylation is 2. The molecule has 2 heterocycles. The van der Waals surface area contributed by atoms with Crippen LogP contribution in [-0.2, 0) is 24.2 Å². The Balaban J connectivity index is 1.82. The van der Waals surface area contributed by atoms with Crippen LogP contribution in [0.15, 0.2) is 42.9 Å². The van der Waals surface area contributed by atoms with E-state index in [0.717, 1.165) is 32.7 Å². The Morgan fingerprint density at radius 1 is 1.32 bits per heavy atom. The summed E-state index contributed by atoms with van der Waals surface area (Å²) < 4.78 is 7.31. The molecule has 0 saturated carbocycles. The Morgan fingerprint density at radius 3 is 3.05 bits per heavy atom. The molecule has 0 atom stereocenters. The highest BCUT2D eigenvalue weighted by Crippen LogP contribution is 2.05. The van der Waals surface area contributed by atoms with Gasteiger partial charge in [0.25, 0.3) is 0 Å². The van der Waals surface area contributed by atoms with Gasteiger partial charge < -0.3 is 14.6 Å². The van der Waals surface area contributed by atoms with E-state index in [1.807, 2.05) is 18.5 Å². The van der Waals surface area contributed by atoms with E-state index in [9.17, 15) is 0 Å². The van der Waals surface area contributed by atoms with E-state index in [4.69, 9.17) is 4.74 Å². The number of hydrogen-bond acceptors (Lipinski definition) is 3. The van der Waals surface area contributed by atoms with E-state index in [2.05, 4.69) is 39.3 Å². The van der Waals surface area contributed by atoms with Gasteiger partial charge in [-0.25, -0.2) is 0 Å². The van der Waals surface area contributed by atoms with Crippen molar-refractivity contribution in [3.63, 3.8) is 0 Å². The van der Waals surface area contributed by atoms with Crippen molar-refractivity contribution in [1.82, 2.24) is 14.9 Å². The molecule has 2 aromatic rings. The summed E-state index contributed by atoms with van der Waals surface area (Å²) in [6, 6.07) is 8.35. The minimum atomic E-state index is 0.746. The van der Waals surface area contributed by atoms with Crippen LogP contribution in [-0.4, -0.2) is 29.8 Å². The molecular formula is C15H21N3O. The van der Waals surface area contributed by atoms with Gasteiger partial charge in [-0.3, -0.25) is 4.98 Å². The van der Waals surface area contributed by atoms with Gasteiger partial charge in [-0.05, 0) is 30.2 Å². The molecule has 2 rings (SSSR count). The summed E-state index contributed by atoms with van der Waals surface area (Å²) in [7, 11) is 1.72. The van der Waals surface area contributed by atoms with Gasteiger partial charge in [0.2, 0.25) is 0 Å². The molecule has 0 aliphatic rings. The maximum absolute atomic E-state index is 5.02. The average molecular weight is 259 g/mol. The third-order valence-corrected chi connectivity index (χ3v) is 3.08. The lowest BCUT2D eigenvalue weighted by atomic mass is 10.2. The molecule has 0 amide bonds. The molecule has 0 aliphatic heterocycles. The number of rotatable bonds is 8. The molecule has 102 valence electrons. The second kappa shape index (κ2) is 7.71. The monoisotopic (exact) mass is 259 g/mol. The second-order valence-corrected chi connectivity index (χ2v) is 4.47. The predicted octanol–water partition coefficient (Wildman–Crippen LogP) is 1.86. The third-order valence-electron chi connectivity index (χ3n) is 3.08. The largest absolute Gasteiger partial charge is 0.383 e. The van der Waals surface area contributed by atoms with Crippen LogP contribution in [0.25, 0.3) is 0 Å². The van der Waals surface area contributed by atoms with Crippen molar-refractivity contribution in [3.05, 3.63) is 54.1 Å². The van der Waals surface area contributed by atoms with E-state index < -0.39 is 0 Å². The summed E-state index contributed by atoms with van der Waals surface area (Å²) in [5, 5.41) is 3.37. The number of hydrogen-bond donors (Lipinski definition) is 1. The number of aromatic nitrogens is 2. The van der Waals surface area contributed by atoms with E-state index in [1.165, 1.54) is 11.3 Å². The van der Waals surface area contributed by atoms with Gasteiger partial charge in [0.15, 0.2) is 0 Å². The van der Waals surface area contributed by atoms with Crippen molar-refractivity contribution < 1.29 is 4.74 Å². The molecule has 0 aliphatic carbocycles. The SMILES string of the molecule is COCCNCc1cccn1CCc1cccnc1. The molecule has 0 aromatic carbocycles. The lowest BCUT2D eigenvalue weighted by molar-refractivity contribution is 0.199. The van der Waals surface area contributed by atoms with Gasteiger partial charge in [0.1, 0.15) is 0 Å². The molecule has 2 aromatic heterocycles. The number of methoxy groups -OCH3 is 1. The third kappa shape index (κ3) is 4.50. The standard InChI is InChI=1S/C15H21N3O/c1-19-11-8-17-13-15-5-3-9-18(15)10-6-14-4-2-7-16-12-14/h2-5,7,9,12,17H,6,8,10-11,13H2,1H3. The quantitative estimate of drug-likeness (QED) is 0.736. The van der Waals surface area contributed by atoms with Gasteiger partial charge >= 0.3 is 0 Å². The van der Waals surface area contributed by atoms with Gasteiger partial charge in [-0.15, -0.1) is 0 Å². The highest BCUT2D eigenvalue weighted by Gasteiger charge is 2.01. The zero-order valence-electron chi connectivity index (χ0n) is 11.4. The number of nitrogens with zero attached hydrogens (tertiary/aromatic N) is 2. The summed E-state index contributed by atoms with van der Waals surface area (Å²) >= 11 is 0. The fourth-order valence-corrected chi connectivity index (χ4v) is 2.01. The van der Waals surface area contributed by atoms with Crippen LogP contribution in [0.1, 0.15) is 11.3 Å². The van der Waals surface area contributed by atoms with Gasteiger partial charge in [-0.2, -0.15) is 0 Å². The number of pyridine rings is 1. The normalized spacial score (nSPS) is 10.8. The van der Waals surface area contributed by atoms with Crippen molar-refractivity contribution >= 4 is 0 Å². The maximum Gasteiger partial charge on any atom is 0.0587 e. The molecule has 19 heavy (non-hydrogen) atoms. The Hall–Kier alpha value is -1.65. The van der Waals surface area contributed by atoms with Crippen LogP contribution >= 0.6 is 0 Å². The maximum atomic E-state index is 5.02. The zero-order chi connectivity index (χ0) is 13.3. The Bertz CT molecular complexity index is 467. The molecule has 0 radical (unpaired) electrons. The highest BCUT2D eigenvalue weighted by molar-refractivity contribution is 5.11. The van der Waals surface area contributed by atoms with Gasteiger partial charge in [0, 0.05) is 51.0 Å². The Labute approximate surface area is 114 Å². The molecule has 4 heteroatoms. The van der Waals surface area contributed by atoms with Crippen molar-refractivity contribution in [1.29, 1.82) is 0 Å². The van der Waals surface area contributed by atoms with Gasteiger partial charge in [0.05, 0.1) is 6.61 Å². The van der Waals surface area contributed by atoms with Crippen LogP contribution in [0.3, 0.4) is 0 Å². The summed E-state index contributed by atoms with van der Waals surface area (Å²) in [4.78, 5) is 4.14.